The van der Waals surface area contributed by atoms with Crippen LogP contribution in [0.4, 0.5) is 4.39 Å². The Balaban J connectivity index is 2.16. The minimum absolute atomic E-state index is 0.133. The van der Waals surface area contributed by atoms with E-state index < -0.39 is 5.82 Å². The van der Waals surface area contributed by atoms with Crippen LogP contribution in [0.15, 0.2) is 36.8 Å². The molecule has 3 rings (SSSR count). The Morgan fingerprint density at radius 1 is 1.32 bits per heavy atom. The summed E-state index contributed by atoms with van der Waals surface area (Å²) in [5.41, 5.74) is 1.33. The van der Waals surface area contributed by atoms with Crippen LogP contribution >= 0.6 is 11.6 Å². The van der Waals surface area contributed by atoms with E-state index in [2.05, 4.69) is 12.0 Å². The molecule has 3 aromatic rings. The van der Waals surface area contributed by atoms with Gasteiger partial charge in [0.25, 0.3) is 0 Å². The lowest BCUT2D eigenvalue weighted by molar-refractivity contribution is 0.602. The standard InChI is InChI=1S/C14H13ClFN3/c1-2-6-18-9-11(8-17-18)19-7-5-10-3-4-12(15)13(16)14(10)19/h3-5,7-9H,2,6H2,1H3. The Hall–Kier alpha value is -1.81. The van der Waals surface area contributed by atoms with Crippen LogP contribution in [0.2, 0.25) is 5.02 Å². The third kappa shape index (κ3) is 2.02. The third-order valence-electron chi connectivity index (χ3n) is 3.09. The first-order valence-corrected chi connectivity index (χ1v) is 6.56. The number of halogens is 2. The summed E-state index contributed by atoms with van der Waals surface area (Å²) in [7, 11) is 0. The Morgan fingerprint density at radius 2 is 2.16 bits per heavy atom. The fourth-order valence-electron chi connectivity index (χ4n) is 2.21. The van der Waals surface area contributed by atoms with Crippen LogP contribution in [-0.2, 0) is 6.54 Å². The molecular weight excluding hydrogens is 265 g/mol. The van der Waals surface area contributed by atoms with Gasteiger partial charge in [-0.15, -0.1) is 0 Å². The van der Waals surface area contributed by atoms with Crippen molar-refractivity contribution in [2.75, 3.05) is 0 Å². The van der Waals surface area contributed by atoms with Gasteiger partial charge in [0.05, 0.1) is 22.4 Å². The third-order valence-corrected chi connectivity index (χ3v) is 3.39. The molecule has 0 unspecified atom stereocenters. The lowest BCUT2D eigenvalue weighted by atomic mass is 10.2. The summed E-state index contributed by atoms with van der Waals surface area (Å²) in [5.74, 6) is -0.396. The molecular formula is C14H13ClFN3. The summed E-state index contributed by atoms with van der Waals surface area (Å²) in [6.45, 7) is 2.94. The van der Waals surface area contributed by atoms with Crippen molar-refractivity contribution in [2.24, 2.45) is 0 Å². The molecule has 0 aliphatic rings. The highest BCUT2D eigenvalue weighted by Gasteiger charge is 2.12. The van der Waals surface area contributed by atoms with E-state index >= 15 is 0 Å². The van der Waals surface area contributed by atoms with Crippen molar-refractivity contribution < 1.29 is 4.39 Å². The second kappa shape index (κ2) is 4.70. The first-order valence-electron chi connectivity index (χ1n) is 6.18. The van der Waals surface area contributed by atoms with Crippen molar-refractivity contribution in [3.05, 3.63) is 47.6 Å². The average molecular weight is 278 g/mol. The first kappa shape index (κ1) is 12.2. The molecule has 3 nitrogen and oxygen atoms in total. The monoisotopic (exact) mass is 277 g/mol. The number of benzene rings is 1. The second-order valence-corrected chi connectivity index (χ2v) is 4.85. The zero-order chi connectivity index (χ0) is 13.4. The molecule has 2 aromatic heterocycles. The van der Waals surface area contributed by atoms with E-state index in [0.29, 0.717) is 5.52 Å². The molecule has 5 heteroatoms. The highest BCUT2D eigenvalue weighted by atomic mass is 35.5. The van der Waals surface area contributed by atoms with Crippen molar-refractivity contribution in [3.8, 4) is 5.69 Å². The summed E-state index contributed by atoms with van der Waals surface area (Å²) >= 11 is 5.85. The Labute approximate surface area is 115 Å². The lowest BCUT2D eigenvalue weighted by Gasteiger charge is -2.04. The number of hydrogen-bond donors (Lipinski definition) is 0. The number of fused-ring (bicyclic) bond motifs is 1. The van der Waals surface area contributed by atoms with Crippen LogP contribution < -0.4 is 0 Å². The molecule has 2 heterocycles. The zero-order valence-corrected chi connectivity index (χ0v) is 11.2. The van der Waals surface area contributed by atoms with Gasteiger partial charge >= 0.3 is 0 Å². The molecule has 1 aromatic carbocycles. The van der Waals surface area contributed by atoms with Crippen molar-refractivity contribution in [1.82, 2.24) is 14.3 Å². The second-order valence-electron chi connectivity index (χ2n) is 4.45. The number of hydrogen-bond acceptors (Lipinski definition) is 1. The average Bonchev–Trinajstić information content (AvgIpc) is 3.00. The van der Waals surface area contributed by atoms with Crippen LogP contribution in [0.5, 0.6) is 0 Å². The summed E-state index contributed by atoms with van der Waals surface area (Å²) in [5, 5.41) is 5.22. The van der Waals surface area contributed by atoms with Gasteiger partial charge in [-0.25, -0.2) is 4.39 Å². The van der Waals surface area contributed by atoms with Crippen molar-refractivity contribution in [3.63, 3.8) is 0 Å². The van der Waals surface area contributed by atoms with Crippen LogP contribution in [0, 0.1) is 5.82 Å². The maximum atomic E-state index is 14.2. The summed E-state index contributed by atoms with van der Waals surface area (Å²) < 4.78 is 17.8. The van der Waals surface area contributed by atoms with E-state index in [4.69, 9.17) is 11.6 Å². The van der Waals surface area contributed by atoms with Gasteiger partial charge in [-0.1, -0.05) is 24.6 Å². The summed E-state index contributed by atoms with van der Waals surface area (Å²) in [6, 6.07) is 5.25. The molecule has 0 N–H and O–H groups in total. The Bertz CT molecular complexity index is 729. The number of aromatic nitrogens is 3. The van der Waals surface area contributed by atoms with Crippen LogP contribution in [0.25, 0.3) is 16.6 Å². The van der Waals surface area contributed by atoms with Crippen molar-refractivity contribution in [1.29, 1.82) is 0 Å². The molecule has 19 heavy (non-hydrogen) atoms. The highest BCUT2D eigenvalue weighted by molar-refractivity contribution is 6.31. The fraction of sp³-hybridized carbons (Fsp3) is 0.214. The van der Waals surface area contributed by atoms with Gasteiger partial charge in [0.15, 0.2) is 5.82 Å². The van der Waals surface area contributed by atoms with Gasteiger partial charge in [0, 0.05) is 24.3 Å². The van der Waals surface area contributed by atoms with E-state index in [1.165, 1.54) is 0 Å². The van der Waals surface area contributed by atoms with Crippen molar-refractivity contribution >= 4 is 22.5 Å². The Kier molecular flexibility index (Phi) is 3.03. The van der Waals surface area contributed by atoms with Gasteiger partial charge in [-0.05, 0) is 18.6 Å². The van der Waals surface area contributed by atoms with Gasteiger partial charge in [-0.2, -0.15) is 5.10 Å². The molecule has 0 aliphatic heterocycles. The molecule has 0 radical (unpaired) electrons. The molecule has 0 amide bonds. The minimum atomic E-state index is -0.396. The molecule has 0 atom stereocenters. The van der Waals surface area contributed by atoms with E-state index in [1.54, 1.807) is 16.8 Å². The van der Waals surface area contributed by atoms with Crippen LogP contribution in [0.3, 0.4) is 0 Å². The minimum Gasteiger partial charge on any atom is -0.311 e. The summed E-state index contributed by atoms with van der Waals surface area (Å²) in [6.07, 6.45) is 6.48. The molecule has 98 valence electrons. The quantitative estimate of drug-likeness (QED) is 0.709. The van der Waals surface area contributed by atoms with Crippen LogP contribution in [-0.4, -0.2) is 14.3 Å². The smallest absolute Gasteiger partial charge is 0.166 e. The van der Waals surface area contributed by atoms with Gasteiger partial charge in [0.1, 0.15) is 0 Å². The topological polar surface area (TPSA) is 22.8 Å². The maximum absolute atomic E-state index is 14.2. The highest BCUT2D eigenvalue weighted by Crippen LogP contribution is 2.27. The van der Waals surface area contributed by atoms with E-state index in [1.807, 2.05) is 29.2 Å². The van der Waals surface area contributed by atoms with E-state index in [0.717, 1.165) is 24.0 Å². The van der Waals surface area contributed by atoms with Gasteiger partial charge in [0.2, 0.25) is 0 Å². The lowest BCUT2D eigenvalue weighted by Crippen LogP contribution is -1.96. The zero-order valence-electron chi connectivity index (χ0n) is 10.5. The summed E-state index contributed by atoms with van der Waals surface area (Å²) in [4.78, 5) is 0. The molecule has 0 spiro atoms. The first-order chi connectivity index (χ1) is 9.20. The number of rotatable bonds is 3. The van der Waals surface area contributed by atoms with Crippen LogP contribution in [0.1, 0.15) is 13.3 Å². The largest absolute Gasteiger partial charge is 0.311 e. The van der Waals surface area contributed by atoms with Crippen molar-refractivity contribution in [2.45, 2.75) is 19.9 Å². The normalized spacial score (nSPS) is 11.3. The molecule has 0 aliphatic carbocycles. The van der Waals surface area contributed by atoms with E-state index in [9.17, 15) is 4.39 Å². The van der Waals surface area contributed by atoms with Gasteiger partial charge < -0.3 is 4.57 Å². The Morgan fingerprint density at radius 3 is 2.95 bits per heavy atom. The molecule has 0 saturated heterocycles. The molecule has 0 saturated carbocycles. The van der Waals surface area contributed by atoms with Gasteiger partial charge in [-0.3, -0.25) is 4.68 Å². The predicted molar refractivity (Wildman–Crippen MR) is 74.3 cm³/mol. The molecule has 0 fully saturated rings. The maximum Gasteiger partial charge on any atom is 0.166 e. The fourth-order valence-corrected chi connectivity index (χ4v) is 2.36. The van der Waals surface area contributed by atoms with E-state index in [-0.39, 0.29) is 5.02 Å². The predicted octanol–water partition coefficient (Wildman–Crippen LogP) is 4.03. The molecule has 0 bridgehead atoms. The number of aryl methyl sites for hydroxylation is 1. The SMILES string of the molecule is CCCn1cc(-n2ccc3ccc(Cl)c(F)c32)cn1. The number of nitrogens with zero attached hydrogens (tertiary/aromatic N) is 3.